The predicted molar refractivity (Wildman–Crippen MR) is 67.9 cm³/mol. The van der Waals surface area contributed by atoms with E-state index in [2.05, 4.69) is 5.32 Å². The number of nitrogens with one attached hydrogen (secondary N) is 1. The second-order valence-corrected chi connectivity index (χ2v) is 4.25. The highest BCUT2D eigenvalue weighted by atomic mass is 16.5. The standard InChI is InChI=1S/C13H16N2O4/c16-12(9-19-10-4-2-1-3-5-10)15-7-6-14-8-11(15)13(17)18/h1-5,11,14H,6-9H2,(H,17,18). The zero-order chi connectivity index (χ0) is 13.7. The number of nitrogens with zero attached hydrogens (tertiary/aromatic N) is 1. The van der Waals surface area contributed by atoms with Gasteiger partial charge in [0, 0.05) is 19.6 Å². The Labute approximate surface area is 111 Å². The Kier molecular flexibility index (Phi) is 4.35. The van der Waals surface area contributed by atoms with Crippen molar-refractivity contribution in [2.24, 2.45) is 0 Å². The summed E-state index contributed by atoms with van der Waals surface area (Å²) in [5.74, 6) is -0.712. The summed E-state index contributed by atoms with van der Waals surface area (Å²) in [5.41, 5.74) is 0. The number of amides is 1. The molecule has 1 aliphatic rings. The maximum absolute atomic E-state index is 12.0. The third-order valence-electron chi connectivity index (χ3n) is 2.95. The van der Waals surface area contributed by atoms with Gasteiger partial charge in [0.25, 0.3) is 5.91 Å². The van der Waals surface area contributed by atoms with E-state index in [9.17, 15) is 9.59 Å². The number of ether oxygens (including phenoxy) is 1. The first-order valence-electron chi connectivity index (χ1n) is 6.09. The lowest BCUT2D eigenvalue weighted by Crippen LogP contribution is -2.57. The van der Waals surface area contributed by atoms with Crippen LogP contribution in [-0.2, 0) is 9.59 Å². The van der Waals surface area contributed by atoms with Crippen molar-refractivity contribution in [1.29, 1.82) is 0 Å². The van der Waals surface area contributed by atoms with Crippen LogP contribution in [0.1, 0.15) is 0 Å². The number of benzene rings is 1. The molecule has 102 valence electrons. The quantitative estimate of drug-likeness (QED) is 0.797. The third-order valence-corrected chi connectivity index (χ3v) is 2.95. The second kappa shape index (κ2) is 6.19. The minimum atomic E-state index is -1.000. The van der Waals surface area contributed by atoms with Gasteiger partial charge in [-0.25, -0.2) is 4.79 Å². The van der Waals surface area contributed by atoms with Crippen molar-refractivity contribution in [3.05, 3.63) is 30.3 Å². The lowest BCUT2D eigenvalue weighted by molar-refractivity contribution is -0.152. The predicted octanol–water partition coefficient (Wildman–Crippen LogP) is -0.0496. The number of aliphatic carboxylic acids is 1. The Morgan fingerprint density at radius 1 is 1.37 bits per heavy atom. The number of piperazine rings is 1. The minimum Gasteiger partial charge on any atom is -0.484 e. The molecule has 1 amide bonds. The van der Waals surface area contributed by atoms with Gasteiger partial charge in [-0.2, -0.15) is 0 Å². The summed E-state index contributed by atoms with van der Waals surface area (Å²) >= 11 is 0. The van der Waals surface area contributed by atoms with Crippen LogP contribution >= 0.6 is 0 Å². The maximum atomic E-state index is 12.0. The van der Waals surface area contributed by atoms with Crippen LogP contribution in [0.3, 0.4) is 0 Å². The van der Waals surface area contributed by atoms with Crippen molar-refractivity contribution in [2.45, 2.75) is 6.04 Å². The van der Waals surface area contributed by atoms with Crippen molar-refractivity contribution in [2.75, 3.05) is 26.2 Å². The first-order valence-corrected chi connectivity index (χ1v) is 6.09. The summed E-state index contributed by atoms with van der Waals surface area (Å²) in [6, 6.07) is 8.15. The number of carbonyl (C=O) groups is 2. The smallest absolute Gasteiger partial charge is 0.327 e. The molecule has 2 N–H and O–H groups in total. The van der Waals surface area contributed by atoms with E-state index in [4.69, 9.17) is 9.84 Å². The van der Waals surface area contributed by atoms with E-state index in [-0.39, 0.29) is 19.1 Å². The normalized spacial score (nSPS) is 18.9. The molecule has 1 fully saturated rings. The average molecular weight is 264 g/mol. The molecule has 1 aliphatic heterocycles. The summed E-state index contributed by atoms with van der Waals surface area (Å²) in [6.07, 6.45) is 0. The van der Waals surface area contributed by atoms with Crippen LogP contribution in [0.15, 0.2) is 30.3 Å². The molecule has 0 aliphatic carbocycles. The molecular weight excluding hydrogens is 248 g/mol. The zero-order valence-electron chi connectivity index (χ0n) is 10.4. The number of hydrogen-bond donors (Lipinski definition) is 2. The molecule has 2 rings (SSSR count). The Bertz CT molecular complexity index is 449. The van der Waals surface area contributed by atoms with Gasteiger partial charge in [0.05, 0.1) is 0 Å². The zero-order valence-corrected chi connectivity index (χ0v) is 10.4. The number of para-hydroxylation sites is 1. The first kappa shape index (κ1) is 13.4. The van der Waals surface area contributed by atoms with E-state index in [0.717, 1.165) is 0 Å². The summed E-state index contributed by atoms with van der Waals surface area (Å²) in [4.78, 5) is 24.4. The topological polar surface area (TPSA) is 78.9 Å². The van der Waals surface area contributed by atoms with Crippen molar-refractivity contribution in [1.82, 2.24) is 10.2 Å². The van der Waals surface area contributed by atoms with Crippen LogP contribution < -0.4 is 10.1 Å². The molecular formula is C13H16N2O4. The molecule has 0 bridgehead atoms. The van der Waals surface area contributed by atoms with E-state index in [1.165, 1.54) is 4.90 Å². The van der Waals surface area contributed by atoms with Crippen LogP contribution in [0.25, 0.3) is 0 Å². The van der Waals surface area contributed by atoms with Gasteiger partial charge in [0.1, 0.15) is 11.8 Å². The average Bonchev–Trinajstić information content (AvgIpc) is 2.46. The SMILES string of the molecule is O=C(O)C1CNCCN1C(=O)COc1ccccc1. The van der Waals surface area contributed by atoms with Gasteiger partial charge in [-0.1, -0.05) is 18.2 Å². The van der Waals surface area contributed by atoms with Gasteiger partial charge in [-0.15, -0.1) is 0 Å². The van der Waals surface area contributed by atoms with Crippen LogP contribution in [0.2, 0.25) is 0 Å². The molecule has 6 nitrogen and oxygen atoms in total. The maximum Gasteiger partial charge on any atom is 0.327 e. The van der Waals surface area contributed by atoms with E-state index in [1.807, 2.05) is 18.2 Å². The van der Waals surface area contributed by atoms with E-state index in [0.29, 0.717) is 18.8 Å². The van der Waals surface area contributed by atoms with Crippen molar-refractivity contribution in [3.63, 3.8) is 0 Å². The number of carboxylic acids is 1. The number of rotatable bonds is 4. The number of carbonyl (C=O) groups excluding carboxylic acids is 1. The van der Waals surface area contributed by atoms with Crippen LogP contribution in [0.5, 0.6) is 5.75 Å². The van der Waals surface area contributed by atoms with Gasteiger partial charge in [0.2, 0.25) is 0 Å². The highest BCUT2D eigenvalue weighted by Crippen LogP contribution is 2.10. The number of hydrogen-bond acceptors (Lipinski definition) is 4. The van der Waals surface area contributed by atoms with Crippen LogP contribution in [0.4, 0.5) is 0 Å². The summed E-state index contributed by atoms with van der Waals surface area (Å²) in [5, 5.41) is 12.0. The van der Waals surface area contributed by atoms with Crippen molar-refractivity contribution in [3.8, 4) is 5.75 Å². The van der Waals surface area contributed by atoms with E-state index >= 15 is 0 Å². The summed E-state index contributed by atoms with van der Waals surface area (Å²) in [6.45, 7) is 1.11. The largest absolute Gasteiger partial charge is 0.484 e. The Balaban J connectivity index is 1.93. The molecule has 0 saturated carbocycles. The summed E-state index contributed by atoms with van der Waals surface area (Å²) < 4.78 is 5.34. The highest BCUT2D eigenvalue weighted by Gasteiger charge is 2.31. The molecule has 19 heavy (non-hydrogen) atoms. The molecule has 1 aromatic rings. The lowest BCUT2D eigenvalue weighted by atomic mass is 10.2. The molecule has 1 atom stereocenters. The fourth-order valence-corrected chi connectivity index (χ4v) is 1.97. The molecule has 0 radical (unpaired) electrons. The first-order chi connectivity index (χ1) is 9.18. The van der Waals surface area contributed by atoms with Gasteiger partial charge < -0.3 is 20.1 Å². The van der Waals surface area contributed by atoms with E-state index < -0.39 is 12.0 Å². The fourth-order valence-electron chi connectivity index (χ4n) is 1.97. The van der Waals surface area contributed by atoms with Crippen molar-refractivity contribution >= 4 is 11.9 Å². The fraction of sp³-hybridized carbons (Fsp3) is 0.385. The Morgan fingerprint density at radius 3 is 2.79 bits per heavy atom. The summed E-state index contributed by atoms with van der Waals surface area (Å²) in [7, 11) is 0. The van der Waals surface area contributed by atoms with Crippen LogP contribution in [-0.4, -0.2) is 54.2 Å². The Hall–Kier alpha value is -2.08. The van der Waals surface area contributed by atoms with Crippen LogP contribution in [0, 0.1) is 0 Å². The minimum absolute atomic E-state index is 0.145. The molecule has 1 saturated heterocycles. The van der Waals surface area contributed by atoms with Gasteiger partial charge >= 0.3 is 5.97 Å². The third kappa shape index (κ3) is 3.45. The molecule has 1 unspecified atom stereocenters. The van der Waals surface area contributed by atoms with Gasteiger partial charge in [0.15, 0.2) is 6.61 Å². The molecule has 0 aromatic heterocycles. The molecule has 0 spiro atoms. The molecule has 1 aromatic carbocycles. The van der Waals surface area contributed by atoms with Gasteiger partial charge in [-0.05, 0) is 12.1 Å². The Morgan fingerprint density at radius 2 is 2.11 bits per heavy atom. The molecule has 6 heteroatoms. The van der Waals surface area contributed by atoms with Crippen molar-refractivity contribution < 1.29 is 19.4 Å². The molecule has 1 heterocycles. The monoisotopic (exact) mass is 264 g/mol. The van der Waals surface area contributed by atoms with Gasteiger partial charge in [-0.3, -0.25) is 4.79 Å². The van der Waals surface area contributed by atoms with E-state index in [1.54, 1.807) is 12.1 Å². The number of carboxylic acid groups (broad SMARTS) is 1. The lowest BCUT2D eigenvalue weighted by Gasteiger charge is -2.33. The second-order valence-electron chi connectivity index (χ2n) is 4.25. The highest BCUT2D eigenvalue weighted by molar-refractivity contribution is 5.85.